The number of aryl methyl sites for hydroxylation is 1. The fourth-order valence-corrected chi connectivity index (χ4v) is 4.23. The van der Waals surface area contributed by atoms with Crippen molar-refractivity contribution in [1.29, 1.82) is 0 Å². The molecule has 1 saturated carbocycles. The van der Waals surface area contributed by atoms with E-state index in [2.05, 4.69) is 16.0 Å². The maximum absolute atomic E-state index is 13.0. The Morgan fingerprint density at radius 1 is 1.10 bits per heavy atom. The minimum absolute atomic E-state index is 0.120. The van der Waals surface area contributed by atoms with Crippen molar-refractivity contribution >= 4 is 23.5 Å². The molecule has 29 heavy (non-hydrogen) atoms. The van der Waals surface area contributed by atoms with E-state index >= 15 is 0 Å². The highest BCUT2D eigenvalue weighted by Crippen LogP contribution is 2.29. The first kappa shape index (κ1) is 21.1. The van der Waals surface area contributed by atoms with Crippen molar-refractivity contribution in [1.82, 2.24) is 15.5 Å². The number of nitrogens with zero attached hydrogens (tertiary/aromatic N) is 1. The van der Waals surface area contributed by atoms with Crippen LogP contribution in [-0.2, 0) is 9.59 Å². The van der Waals surface area contributed by atoms with Crippen LogP contribution in [-0.4, -0.2) is 47.9 Å². The number of anilines is 1. The zero-order valence-electron chi connectivity index (χ0n) is 17.3. The molecule has 3 N–H and O–H groups in total. The van der Waals surface area contributed by atoms with Gasteiger partial charge in [-0.1, -0.05) is 37.5 Å². The van der Waals surface area contributed by atoms with Gasteiger partial charge in [0.05, 0.1) is 0 Å². The van der Waals surface area contributed by atoms with Gasteiger partial charge in [0.15, 0.2) is 0 Å². The van der Waals surface area contributed by atoms with Crippen molar-refractivity contribution in [3.8, 4) is 0 Å². The zero-order valence-corrected chi connectivity index (χ0v) is 17.3. The van der Waals surface area contributed by atoms with Crippen LogP contribution in [0.5, 0.6) is 0 Å². The van der Waals surface area contributed by atoms with E-state index in [4.69, 9.17) is 0 Å². The van der Waals surface area contributed by atoms with E-state index in [1.54, 1.807) is 0 Å². The third kappa shape index (κ3) is 5.49. The first-order valence-electron chi connectivity index (χ1n) is 10.7. The van der Waals surface area contributed by atoms with Gasteiger partial charge >= 0.3 is 6.03 Å². The Morgan fingerprint density at radius 2 is 1.86 bits per heavy atom. The molecule has 0 atom stereocenters. The topological polar surface area (TPSA) is 90.5 Å². The Hall–Kier alpha value is -2.57. The second-order valence-electron chi connectivity index (χ2n) is 8.13. The molecule has 1 heterocycles. The molecule has 4 amide bonds. The lowest BCUT2D eigenvalue weighted by molar-refractivity contribution is -0.128. The van der Waals surface area contributed by atoms with Gasteiger partial charge in [-0.15, -0.1) is 0 Å². The normalized spacial score (nSPS) is 18.4. The van der Waals surface area contributed by atoms with Crippen molar-refractivity contribution in [2.45, 2.75) is 63.8 Å². The van der Waals surface area contributed by atoms with E-state index in [0.717, 1.165) is 49.9 Å². The van der Waals surface area contributed by atoms with Crippen LogP contribution < -0.4 is 16.0 Å². The molecule has 158 valence electrons. The minimum Gasteiger partial charge on any atom is -0.354 e. The van der Waals surface area contributed by atoms with Crippen molar-refractivity contribution < 1.29 is 14.4 Å². The summed E-state index contributed by atoms with van der Waals surface area (Å²) in [5.74, 6) is 0.0829. The van der Waals surface area contributed by atoms with Crippen LogP contribution in [0.1, 0.15) is 56.9 Å². The Labute approximate surface area is 172 Å². The summed E-state index contributed by atoms with van der Waals surface area (Å²) in [4.78, 5) is 39.2. The maximum Gasteiger partial charge on any atom is 0.320 e. The first-order valence-corrected chi connectivity index (χ1v) is 10.7. The first-order chi connectivity index (χ1) is 14.0. The van der Waals surface area contributed by atoms with E-state index < -0.39 is 5.54 Å². The average Bonchev–Trinajstić information content (AvgIpc) is 3.12. The van der Waals surface area contributed by atoms with Gasteiger partial charge in [-0.3, -0.25) is 9.59 Å². The molecule has 2 aliphatic rings. The molecule has 1 aromatic carbocycles. The second-order valence-corrected chi connectivity index (χ2v) is 8.13. The summed E-state index contributed by atoms with van der Waals surface area (Å²) in [5, 5.41) is 8.84. The highest BCUT2D eigenvalue weighted by Gasteiger charge is 2.40. The molecule has 3 rings (SSSR count). The van der Waals surface area contributed by atoms with Gasteiger partial charge in [0.25, 0.3) is 0 Å². The van der Waals surface area contributed by atoms with E-state index in [1.165, 1.54) is 0 Å². The Balaban J connectivity index is 1.54. The van der Waals surface area contributed by atoms with E-state index in [9.17, 15) is 14.4 Å². The smallest absolute Gasteiger partial charge is 0.320 e. The number of hydrogen-bond acceptors (Lipinski definition) is 3. The van der Waals surface area contributed by atoms with Crippen LogP contribution in [0.2, 0.25) is 0 Å². The molecule has 0 aromatic heterocycles. The number of para-hydroxylation sites is 1. The Kier molecular flexibility index (Phi) is 7.12. The highest BCUT2D eigenvalue weighted by atomic mass is 16.2. The zero-order chi connectivity index (χ0) is 20.7. The van der Waals surface area contributed by atoms with Crippen LogP contribution in [0.15, 0.2) is 24.3 Å². The van der Waals surface area contributed by atoms with Gasteiger partial charge in [0.2, 0.25) is 11.8 Å². The third-order valence-corrected chi connectivity index (χ3v) is 5.95. The van der Waals surface area contributed by atoms with Crippen molar-refractivity contribution in [2.75, 3.05) is 25.0 Å². The van der Waals surface area contributed by atoms with Gasteiger partial charge in [0, 0.05) is 31.7 Å². The molecule has 2 fully saturated rings. The summed E-state index contributed by atoms with van der Waals surface area (Å²) in [6.45, 7) is 3.93. The van der Waals surface area contributed by atoms with Crippen LogP contribution >= 0.6 is 0 Å². The van der Waals surface area contributed by atoms with Crippen molar-refractivity contribution in [3.63, 3.8) is 0 Å². The molecule has 0 bridgehead atoms. The number of amides is 4. The SMILES string of the molecule is Cc1ccccc1NC(=O)NC1(C(=O)NCCCN2CCCC2=O)CCCCC1. The fourth-order valence-electron chi connectivity index (χ4n) is 4.23. The predicted molar refractivity (Wildman–Crippen MR) is 113 cm³/mol. The van der Waals surface area contributed by atoms with Crippen LogP contribution in [0, 0.1) is 6.92 Å². The Bertz CT molecular complexity index is 743. The molecule has 1 aromatic rings. The molecule has 1 aliphatic carbocycles. The Morgan fingerprint density at radius 3 is 2.55 bits per heavy atom. The number of likely N-dealkylation sites (tertiary alicyclic amines) is 1. The van der Waals surface area contributed by atoms with E-state index in [0.29, 0.717) is 32.4 Å². The lowest BCUT2D eigenvalue weighted by Gasteiger charge is -2.36. The number of hydrogen-bond donors (Lipinski definition) is 3. The van der Waals surface area contributed by atoms with Gasteiger partial charge in [-0.05, 0) is 44.2 Å². The number of carbonyl (C=O) groups is 3. The minimum atomic E-state index is -0.867. The van der Waals surface area contributed by atoms with Crippen molar-refractivity contribution in [3.05, 3.63) is 29.8 Å². The van der Waals surface area contributed by atoms with E-state index in [-0.39, 0.29) is 17.8 Å². The molecule has 7 nitrogen and oxygen atoms in total. The summed E-state index contributed by atoms with van der Waals surface area (Å²) in [6, 6.07) is 7.23. The third-order valence-electron chi connectivity index (χ3n) is 5.95. The lowest BCUT2D eigenvalue weighted by atomic mass is 9.81. The van der Waals surface area contributed by atoms with Crippen LogP contribution in [0.4, 0.5) is 10.5 Å². The largest absolute Gasteiger partial charge is 0.354 e. The van der Waals surface area contributed by atoms with Crippen LogP contribution in [0.25, 0.3) is 0 Å². The lowest BCUT2D eigenvalue weighted by Crippen LogP contribution is -2.60. The quantitative estimate of drug-likeness (QED) is 0.615. The molecule has 1 aliphatic heterocycles. The highest BCUT2D eigenvalue weighted by molar-refractivity contribution is 5.96. The average molecular weight is 401 g/mol. The molecule has 0 spiro atoms. The summed E-state index contributed by atoms with van der Waals surface area (Å²) in [7, 11) is 0. The molecule has 0 unspecified atom stereocenters. The monoisotopic (exact) mass is 400 g/mol. The van der Waals surface area contributed by atoms with Crippen molar-refractivity contribution in [2.24, 2.45) is 0 Å². The fraction of sp³-hybridized carbons (Fsp3) is 0.591. The maximum atomic E-state index is 13.0. The summed E-state index contributed by atoms with van der Waals surface area (Å²) >= 11 is 0. The number of nitrogens with one attached hydrogen (secondary N) is 3. The summed E-state index contributed by atoms with van der Waals surface area (Å²) in [5.41, 5.74) is 0.849. The molecule has 1 saturated heterocycles. The van der Waals surface area contributed by atoms with Gasteiger partial charge < -0.3 is 20.9 Å². The van der Waals surface area contributed by atoms with Crippen LogP contribution in [0.3, 0.4) is 0 Å². The van der Waals surface area contributed by atoms with Gasteiger partial charge in [-0.2, -0.15) is 0 Å². The predicted octanol–water partition coefficient (Wildman–Crippen LogP) is 2.95. The molecule has 0 radical (unpaired) electrons. The van der Waals surface area contributed by atoms with E-state index in [1.807, 2.05) is 36.1 Å². The number of carbonyl (C=O) groups excluding carboxylic acids is 3. The number of rotatable bonds is 7. The number of benzene rings is 1. The standard InChI is InChI=1S/C22H32N4O3/c1-17-9-3-4-10-18(17)24-21(29)25-22(12-5-2-6-13-22)20(28)23-14-8-16-26-15-7-11-19(26)27/h3-4,9-10H,2,5-8,11-16H2,1H3,(H,23,28)(H2,24,25,29). The summed E-state index contributed by atoms with van der Waals surface area (Å²) < 4.78 is 0. The number of urea groups is 1. The molecular formula is C22H32N4O3. The van der Waals surface area contributed by atoms with Gasteiger partial charge in [0.1, 0.15) is 5.54 Å². The molecular weight excluding hydrogens is 368 g/mol. The van der Waals surface area contributed by atoms with Gasteiger partial charge in [-0.25, -0.2) is 4.79 Å². The second kappa shape index (κ2) is 9.76. The molecule has 7 heteroatoms. The summed E-state index contributed by atoms with van der Waals surface area (Å²) in [6.07, 6.45) is 6.48.